The summed E-state index contributed by atoms with van der Waals surface area (Å²) in [4.78, 5) is 8.71. The Morgan fingerprint density at radius 2 is 2.05 bits per heavy atom. The first-order valence-electron chi connectivity index (χ1n) is 6.18. The smallest absolute Gasteiger partial charge is 0.142 e. The summed E-state index contributed by atoms with van der Waals surface area (Å²) in [5.41, 5.74) is 2.63. The van der Waals surface area contributed by atoms with Gasteiger partial charge in [0.25, 0.3) is 0 Å². The molecule has 19 heavy (non-hydrogen) atoms. The number of hydrogen-bond donors (Lipinski definition) is 1. The zero-order chi connectivity index (χ0) is 13.4. The van der Waals surface area contributed by atoms with Crippen molar-refractivity contribution in [2.24, 2.45) is 7.05 Å². The molecule has 0 saturated heterocycles. The van der Waals surface area contributed by atoms with Gasteiger partial charge >= 0.3 is 0 Å². The number of rotatable bonds is 2. The number of aliphatic hydroxyl groups is 1. The molecule has 1 atom stereocenters. The van der Waals surface area contributed by atoms with Crippen molar-refractivity contribution in [2.45, 2.75) is 13.0 Å². The SMILES string of the molecule is Cc1cc(C(O)c2nccn2C)c2ccccc2n1. The standard InChI is InChI=1S/C15H15N3O/c1-10-9-12(11-5-3-4-6-13(11)17-10)14(19)15-16-7-8-18(15)2/h3-9,14,19H,1-2H3. The Morgan fingerprint density at radius 3 is 2.79 bits per heavy atom. The maximum absolute atomic E-state index is 10.6. The highest BCUT2D eigenvalue weighted by atomic mass is 16.3. The molecule has 2 heterocycles. The van der Waals surface area contributed by atoms with E-state index in [1.807, 2.05) is 55.1 Å². The van der Waals surface area contributed by atoms with Gasteiger partial charge in [0.15, 0.2) is 0 Å². The third-order valence-corrected chi connectivity index (χ3v) is 3.27. The Labute approximate surface area is 111 Å². The predicted molar refractivity (Wildman–Crippen MR) is 73.7 cm³/mol. The van der Waals surface area contributed by atoms with Gasteiger partial charge < -0.3 is 9.67 Å². The van der Waals surface area contributed by atoms with E-state index in [9.17, 15) is 5.11 Å². The first kappa shape index (κ1) is 11.9. The molecule has 0 fully saturated rings. The average molecular weight is 253 g/mol. The number of aliphatic hydroxyl groups excluding tert-OH is 1. The Bertz CT molecular complexity index is 733. The molecule has 0 spiro atoms. The summed E-state index contributed by atoms with van der Waals surface area (Å²) in [6.45, 7) is 1.93. The van der Waals surface area contributed by atoms with E-state index in [0.717, 1.165) is 22.2 Å². The maximum atomic E-state index is 10.6. The fourth-order valence-electron chi connectivity index (χ4n) is 2.35. The highest BCUT2D eigenvalue weighted by Gasteiger charge is 2.18. The first-order valence-corrected chi connectivity index (χ1v) is 6.18. The molecule has 3 rings (SSSR count). The highest BCUT2D eigenvalue weighted by Crippen LogP contribution is 2.27. The molecule has 4 nitrogen and oxygen atoms in total. The van der Waals surface area contributed by atoms with Crippen LogP contribution in [0, 0.1) is 6.92 Å². The number of nitrogens with zero attached hydrogens (tertiary/aromatic N) is 3. The molecule has 0 saturated carbocycles. The van der Waals surface area contributed by atoms with Gasteiger partial charge in [-0.05, 0) is 24.6 Å². The highest BCUT2D eigenvalue weighted by molar-refractivity contribution is 5.83. The molecule has 0 bridgehead atoms. The monoisotopic (exact) mass is 253 g/mol. The molecule has 0 radical (unpaired) electrons. The van der Waals surface area contributed by atoms with Crippen molar-refractivity contribution in [2.75, 3.05) is 0 Å². The van der Waals surface area contributed by atoms with E-state index in [1.54, 1.807) is 6.20 Å². The van der Waals surface area contributed by atoms with Crippen molar-refractivity contribution in [3.05, 3.63) is 59.8 Å². The number of pyridine rings is 1. The minimum Gasteiger partial charge on any atom is -0.380 e. The number of para-hydroxylation sites is 1. The number of hydrogen-bond acceptors (Lipinski definition) is 3. The van der Waals surface area contributed by atoms with Crippen molar-refractivity contribution in [1.82, 2.24) is 14.5 Å². The van der Waals surface area contributed by atoms with Crippen molar-refractivity contribution < 1.29 is 5.11 Å². The molecular weight excluding hydrogens is 238 g/mol. The van der Waals surface area contributed by atoms with Crippen molar-refractivity contribution in [1.29, 1.82) is 0 Å². The van der Waals surface area contributed by atoms with Gasteiger partial charge in [-0.1, -0.05) is 18.2 Å². The van der Waals surface area contributed by atoms with Crippen LogP contribution in [0.4, 0.5) is 0 Å². The third kappa shape index (κ3) is 2.00. The fourth-order valence-corrected chi connectivity index (χ4v) is 2.35. The van der Waals surface area contributed by atoms with Crippen LogP contribution in [-0.4, -0.2) is 19.6 Å². The minimum absolute atomic E-state index is 0.635. The minimum atomic E-state index is -0.744. The predicted octanol–water partition coefficient (Wildman–Crippen LogP) is 2.36. The first-order chi connectivity index (χ1) is 9.16. The Balaban J connectivity index is 2.22. The van der Waals surface area contributed by atoms with Crippen LogP contribution < -0.4 is 0 Å². The van der Waals surface area contributed by atoms with Gasteiger partial charge in [-0.25, -0.2) is 4.98 Å². The van der Waals surface area contributed by atoms with E-state index in [1.165, 1.54) is 0 Å². The van der Waals surface area contributed by atoms with Crippen molar-refractivity contribution >= 4 is 10.9 Å². The van der Waals surface area contributed by atoms with Gasteiger partial charge in [0.1, 0.15) is 11.9 Å². The number of fused-ring (bicyclic) bond motifs is 1. The lowest BCUT2D eigenvalue weighted by atomic mass is 10.0. The van der Waals surface area contributed by atoms with E-state index in [-0.39, 0.29) is 0 Å². The molecule has 96 valence electrons. The van der Waals surface area contributed by atoms with Gasteiger partial charge in [0.05, 0.1) is 5.52 Å². The van der Waals surface area contributed by atoms with E-state index in [4.69, 9.17) is 0 Å². The average Bonchev–Trinajstić information content (AvgIpc) is 2.83. The second kappa shape index (κ2) is 4.48. The molecule has 0 aliphatic heterocycles. The van der Waals surface area contributed by atoms with Crippen molar-refractivity contribution in [3.8, 4) is 0 Å². The second-order valence-corrected chi connectivity index (χ2v) is 4.67. The molecule has 3 aromatic rings. The van der Waals surface area contributed by atoms with Crippen molar-refractivity contribution in [3.63, 3.8) is 0 Å². The van der Waals surface area contributed by atoms with Crippen LogP contribution in [0.15, 0.2) is 42.7 Å². The van der Waals surface area contributed by atoms with Gasteiger partial charge in [-0.3, -0.25) is 4.98 Å². The van der Waals surface area contributed by atoms with Crippen LogP contribution >= 0.6 is 0 Å². The molecule has 0 amide bonds. The molecule has 2 aromatic heterocycles. The molecular formula is C15H15N3O. The molecule has 0 aliphatic carbocycles. The maximum Gasteiger partial charge on any atom is 0.142 e. The third-order valence-electron chi connectivity index (χ3n) is 3.27. The lowest BCUT2D eigenvalue weighted by Crippen LogP contribution is -2.08. The number of imidazole rings is 1. The van der Waals surface area contributed by atoms with Gasteiger partial charge in [-0.2, -0.15) is 0 Å². The Hall–Kier alpha value is -2.20. The van der Waals surface area contributed by atoms with Crippen LogP contribution in [0.2, 0.25) is 0 Å². The zero-order valence-corrected chi connectivity index (χ0v) is 10.9. The van der Waals surface area contributed by atoms with Crippen LogP contribution in [-0.2, 0) is 7.05 Å². The van der Waals surface area contributed by atoms with Crippen LogP contribution in [0.3, 0.4) is 0 Å². The summed E-state index contributed by atoms with van der Waals surface area (Å²) in [5, 5.41) is 11.5. The Kier molecular flexibility index (Phi) is 2.80. The molecule has 0 aliphatic rings. The summed E-state index contributed by atoms with van der Waals surface area (Å²) < 4.78 is 1.83. The van der Waals surface area contributed by atoms with Gasteiger partial charge in [0.2, 0.25) is 0 Å². The summed E-state index contributed by atoms with van der Waals surface area (Å²) in [6, 6.07) is 9.75. The molecule has 1 unspecified atom stereocenters. The van der Waals surface area contributed by atoms with E-state index in [2.05, 4.69) is 9.97 Å². The number of aryl methyl sites for hydroxylation is 2. The molecule has 1 aromatic carbocycles. The van der Waals surface area contributed by atoms with Gasteiger partial charge in [0, 0.05) is 30.5 Å². The quantitative estimate of drug-likeness (QED) is 0.762. The summed E-state index contributed by atoms with van der Waals surface area (Å²) in [7, 11) is 1.88. The van der Waals surface area contributed by atoms with E-state index >= 15 is 0 Å². The summed E-state index contributed by atoms with van der Waals surface area (Å²) in [5.74, 6) is 0.635. The van der Waals surface area contributed by atoms with E-state index < -0.39 is 6.10 Å². The van der Waals surface area contributed by atoms with E-state index in [0.29, 0.717) is 5.82 Å². The summed E-state index contributed by atoms with van der Waals surface area (Å²) in [6.07, 6.45) is 2.77. The number of benzene rings is 1. The molecule has 1 N–H and O–H groups in total. The lowest BCUT2D eigenvalue weighted by molar-refractivity contribution is 0.207. The molecule has 4 heteroatoms. The zero-order valence-electron chi connectivity index (χ0n) is 10.9. The normalized spacial score (nSPS) is 12.8. The largest absolute Gasteiger partial charge is 0.380 e. The summed E-state index contributed by atoms with van der Waals surface area (Å²) >= 11 is 0. The van der Waals surface area contributed by atoms with Crippen LogP contribution in [0.25, 0.3) is 10.9 Å². The Morgan fingerprint density at radius 1 is 1.26 bits per heavy atom. The van der Waals surface area contributed by atoms with Gasteiger partial charge in [-0.15, -0.1) is 0 Å². The van der Waals surface area contributed by atoms with Crippen LogP contribution in [0.5, 0.6) is 0 Å². The number of aromatic nitrogens is 3. The second-order valence-electron chi connectivity index (χ2n) is 4.67. The topological polar surface area (TPSA) is 50.9 Å². The lowest BCUT2D eigenvalue weighted by Gasteiger charge is -2.14. The van der Waals surface area contributed by atoms with Crippen LogP contribution in [0.1, 0.15) is 23.2 Å². The fraction of sp³-hybridized carbons (Fsp3) is 0.200.